The minimum atomic E-state index is -0.263. The second-order valence-electron chi connectivity index (χ2n) is 7.90. The molecule has 0 spiro atoms. The molecule has 1 N–H and O–H groups in total. The summed E-state index contributed by atoms with van der Waals surface area (Å²) in [6.07, 6.45) is 0.793. The molecule has 2 atom stereocenters. The van der Waals surface area contributed by atoms with Crippen molar-refractivity contribution in [3.63, 3.8) is 0 Å². The fraction of sp³-hybridized carbons (Fsp3) is 0.619. The van der Waals surface area contributed by atoms with E-state index in [-0.39, 0.29) is 34.4 Å². The van der Waals surface area contributed by atoms with Gasteiger partial charge in [0.25, 0.3) is 0 Å². The number of halogens is 1. The van der Waals surface area contributed by atoms with Crippen molar-refractivity contribution in [1.29, 1.82) is 0 Å². The number of nitrogens with one attached hydrogen (secondary N) is 1. The van der Waals surface area contributed by atoms with E-state index in [0.29, 0.717) is 19.6 Å². The van der Waals surface area contributed by atoms with Crippen LogP contribution in [-0.2, 0) is 4.79 Å². The van der Waals surface area contributed by atoms with E-state index in [0.717, 1.165) is 31.6 Å². The second-order valence-corrected chi connectivity index (χ2v) is 9.19. The van der Waals surface area contributed by atoms with Crippen LogP contribution in [0.4, 0.5) is 9.18 Å². The third kappa shape index (κ3) is 5.42. The van der Waals surface area contributed by atoms with Gasteiger partial charge < -0.3 is 15.1 Å². The van der Waals surface area contributed by atoms with Gasteiger partial charge in [0.1, 0.15) is 11.2 Å². The van der Waals surface area contributed by atoms with Gasteiger partial charge in [-0.15, -0.1) is 11.8 Å². The Labute approximate surface area is 176 Å². The van der Waals surface area contributed by atoms with Gasteiger partial charge in [-0.2, -0.15) is 0 Å². The molecule has 8 heteroatoms. The Balaban J connectivity index is 1.56. The summed E-state index contributed by atoms with van der Waals surface area (Å²) >= 11 is 1.66. The normalized spacial score (nSPS) is 23.1. The number of rotatable bonds is 6. The van der Waals surface area contributed by atoms with Crippen molar-refractivity contribution < 1.29 is 14.0 Å². The highest BCUT2D eigenvalue weighted by Gasteiger charge is 2.40. The number of hydrogen-bond acceptors (Lipinski definition) is 4. The standard InChI is InChI=1S/C21H31FN4O2S/c1-4-18-19(27)26(20(29-18)16-5-7-17(22)8-6-16)14-11-24-9-12-25(13-10-24)21(28)23-15(2)3/h5-8,15,18,20H,4,9-14H2,1-3H3,(H,23,28). The second kappa shape index (κ2) is 9.80. The largest absolute Gasteiger partial charge is 0.336 e. The molecule has 29 heavy (non-hydrogen) atoms. The number of piperazine rings is 1. The highest BCUT2D eigenvalue weighted by atomic mass is 32.2. The maximum Gasteiger partial charge on any atom is 0.317 e. The van der Waals surface area contributed by atoms with Gasteiger partial charge in [0.15, 0.2) is 0 Å². The van der Waals surface area contributed by atoms with Gasteiger partial charge >= 0.3 is 6.03 Å². The number of amides is 3. The van der Waals surface area contributed by atoms with Crippen LogP contribution in [0, 0.1) is 5.82 Å². The van der Waals surface area contributed by atoms with E-state index in [1.54, 1.807) is 23.9 Å². The number of carbonyl (C=O) groups is 2. The van der Waals surface area contributed by atoms with Gasteiger partial charge in [-0.05, 0) is 38.0 Å². The Morgan fingerprint density at radius 1 is 1.17 bits per heavy atom. The van der Waals surface area contributed by atoms with Crippen LogP contribution >= 0.6 is 11.8 Å². The number of thioether (sulfide) groups is 1. The molecule has 0 aromatic heterocycles. The van der Waals surface area contributed by atoms with Crippen molar-refractivity contribution in [2.24, 2.45) is 0 Å². The van der Waals surface area contributed by atoms with Gasteiger partial charge in [0, 0.05) is 45.3 Å². The summed E-state index contributed by atoms with van der Waals surface area (Å²) in [5, 5.41) is 2.83. The summed E-state index contributed by atoms with van der Waals surface area (Å²) in [6, 6.07) is 6.59. The zero-order valence-electron chi connectivity index (χ0n) is 17.4. The van der Waals surface area contributed by atoms with Crippen LogP contribution in [0.5, 0.6) is 0 Å². The van der Waals surface area contributed by atoms with Gasteiger partial charge in [0.2, 0.25) is 5.91 Å². The van der Waals surface area contributed by atoms with Crippen LogP contribution in [0.1, 0.15) is 38.1 Å². The van der Waals surface area contributed by atoms with E-state index in [1.807, 2.05) is 30.6 Å². The van der Waals surface area contributed by atoms with Crippen molar-refractivity contribution in [3.8, 4) is 0 Å². The van der Waals surface area contributed by atoms with Crippen LogP contribution < -0.4 is 5.32 Å². The minimum Gasteiger partial charge on any atom is -0.336 e. The minimum absolute atomic E-state index is 0.00654. The number of nitrogens with zero attached hydrogens (tertiary/aromatic N) is 3. The fourth-order valence-corrected chi connectivity index (χ4v) is 5.16. The van der Waals surface area contributed by atoms with E-state index in [4.69, 9.17) is 0 Å². The summed E-state index contributed by atoms with van der Waals surface area (Å²) in [5.41, 5.74) is 0.968. The quantitative estimate of drug-likeness (QED) is 0.766. The molecule has 2 aliphatic rings. The summed E-state index contributed by atoms with van der Waals surface area (Å²) in [6.45, 7) is 10.4. The van der Waals surface area contributed by atoms with Crippen molar-refractivity contribution in [2.45, 2.75) is 43.9 Å². The predicted octanol–water partition coefficient (Wildman–Crippen LogP) is 2.91. The van der Waals surface area contributed by atoms with E-state index < -0.39 is 0 Å². The van der Waals surface area contributed by atoms with Crippen LogP contribution in [0.2, 0.25) is 0 Å². The molecule has 2 fully saturated rings. The lowest BCUT2D eigenvalue weighted by molar-refractivity contribution is -0.130. The van der Waals surface area contributed by atoms with E-state index in [1.165, 1.54) is 12.1 Å². The lowest BCUT2D eigenvalue weighted by Crippen LogP contribution is -2.53. The molecular weight excluding hydrogens is 391 g/mol. The highest BCUT2D eigenvalue weighted by Crippen LogP contribution is 2.43. The zero-order chi connectivity index (χ0) is 21.0. The van der Waals surface area contributed by atoms with Crippen molar-refractivity contribution in [2.75, 3.05) is 39.3 Å². The molecule has 6 nitrogen and oxygen atoms in total. The summed E-state index contributed by atoms with van der Waals surface area (Å²) in [7, 11) is 0. The monoisotopic (exact) mass is 422 g/mol. The summed E-state index contributed by atoms with van der Waals surface area (Å²) in [4.78, 5) is 31.1. The lowest BCUT2D eigenvalue weighted by atomic mass is 10.2. The zero-order valence-corrected chi connectivity index (χ0v) is 18.3. The van der Waals surface area contributed by atoms with Gasteiger partial charge in [-0.1, -0.05) is 19.1 Å². The molecule has 0 radical (unpaired) electrons. The van der Waals surface area contributed by atoms with Crippen molar-refractivity contribution in [1.82, 2.24) is 20.0 Å². The maximum atomic E-state index is 13.3. The molecule has 1 aromatic rings. The first-order valence-corrected chi connectivity index (χ1v) is 11.3. The average molecular weight is 423 g/mol. The molecule has 2 unspecified atom stereocenters. The molecule has 0 aliphatic carbocycles. The number of benzene rings is 1. The van der Waals surface area contributed by atoms with Gasteiger partial charge in [-0.3, -0.25) is 9.69 Å². The third-order valence-electron chi connectivity index (χ3n) is 5.39. The molecular formula is C21H31FN4O2S. The first-order valence-electron chi connectivity index (χ1n) is 10.4. The SMILES string of the molecule is CCC1SC(c2ccc(F)cc2)N(CCN2CCN(C(=O)NC(C)C)CC2)C1=O. The van der Waals surface area contributed by atoms with E-state index >= 15 is 0 Å². The smallest absolute Gasteiger partial charge is 0.317 e. The molecule has 2 aliphatic heterocycles. The Morgan fingerprint density at radius 2 is 1.83 bits per heavy atom. The molecule has 160 valence electrons. The molecule has 2 saturated heterocycles. The molecule has 2 heterocycles. The van der Waals surface area contributed by atoms with E-state index in [9.17, 15) is 14.0 Å². The first kappa shape index (κ1) is 21.9. The van der Waals surface area contributed by atoms with Crippen LogP contribution in [0.15, 0.2) is 24.3 Å². The Kier molecular flexibility index (Phi) is 7.40. The Bertz CT molecular complexity index is 707. The number of urea groups is 1. The van der Waals surface area contributed by atoms with Gasteiger partial charge in [0.05, 0.1) is 5.25 Å². The van der Waals surface area contributed by atoms with E-state index in [2.05, 4.69) is 10.2 Å². The topological polar surface area (TPSA) is 55.9 Å². The summed E-state index contributed by atoms with van der Waals surface area (Å²) in [5.74, 6) is -0.0946. The number of hydrogen-bond donors (Lipinski definition) is 1. The first-order chi connectivity index (χ1) is 13.9. The van der Waals surface area contributed by atoms with Crippen LogP contribution in [0.3, 0.4) is 0 Å². The maximum absolute atomic E-state index is 13.3. The van der Waals surface area contributed by atoms with Crippen LogP contribution in [0.25, 0.3) is 0 Å². The van der Waals surface area contributed by atoms with Gasteiger partial charge in [-0.25, -0.2) is 9.18 Å². The van der Waals surface area contributed by atoms with Crippen LogP contribution in [-0.4, -0.2) is 77.2 Å². The molecule has 3 rings (SSSR count). The summed E-state index contributed by atoms with van der Waals surface area (Å²) < 4.78 is 13.3. The third-order valence-corrected chi connectivity index (χ3v) is 7.04. The lowest BCUT2D eigenvalue weighted by Gasteiger charge is -2.36. The van der Waals surface area contributed by atoms with Crippen molar-refractivity contribution >= 4 is 23.7 Å². The molecule has 3 amide bonds. The van der Waals surface area contributed by atoms with Crippen molar-refractivity contribution in [3.05, 3.63) is 35.6 Å². The molecule has 1 aromatic carbocycles. The molecule has 0 saturated carbocycles. The fourth-order valence-electron chi connectivity index (χ4n) is 3.73. The number of carbonyl (C=O) groups excluding carboxylic acids is 2. The molecule has 0 bridgehead atoms. The average Bonchev–Trinajstić information content (AvgIpc) is 3.02. The predicted molar refractivity (Wildman–Crippen MR) is 114 cm³/mol. The Hall–Kier alpha value is -1.80. The highest BCUT2D eigenvalue weighted by molar-refractivity contribution is 8.01. The Morgan fingerprint density at radius 3 is 2.41 bits per heavy atom.